The van der Waals surface area contributed by atoms with Crippen LogP contribution in [0.3, 0.4) is 0 Å². The van der Waals surface area contributed by atoms with E-state index in [0.717, 1.165) is 24.3 Å². The van der Waals surface area contributed by atoms with Gasteiger partial charge in [-0.1, -0.05) is 0 Å². The van der Waals surface area contributed by atoms with Crippen molar-refractivity contribution in [1.82, 2.24) is 0 Å². The van der Waals surface area contributed by atoms with Gasteiger partial charge in [-0.25, -0.2) is 9.18 Å². The number of carboxylic acid groups (broad SMARTS) is 1. The molecule has 1 aromatic rings. The minimum Gasteiger partial charge on any atom is -0.478 e. The molecular formula is C11H8F3NO4. The Morgan fingerprint density at radius 3 is 2.53 bits per heavy atom. The van der Waals surface area contributed by atoms with Crippen LogP contribution in [0.1, 0.15) is 0 Å². The average molecular weight is 275 g/mol. The van der Waals surface area contributed by atoms with Gasteiger partial charge in [-0.3, -0.25) is 4.79 Å². The summed E-state index contributed by atoms with van der Waals surface area (Å²) >= 11 is 0. The molecule has 0 aliphatic carbocycles. The van der Waals surface area contributed by atoms with Gasteiger partial charge in [0.2, 0.25) is 5.91 Å². The van der Waals surface area contributed by atoms with Crippen LogP contribution >= 0.6 is 0 Å². The standard InChI is InChI=1S/C11H8F3NO4/c12-7-5-6(1-2-8(7)19-11(13)14)15-9(16)3-4-10(17)18/h1-5,11H,(H,15,16)(H,17,18)/b4-3+. The molecule has 0 fully saturated rings. The summed E-state index contributed by atoms with van der Waals surface area (Å²) in [5.74, 6) is -3.86. The van der Waals surface area contributed by atoms with Gasteiger partial charge in [0, 0.05) is 23.9 Å². The molecule has 2 N–H and O–H groups in total. The molecular weight excluding hydrogens is 267 g/mol. The van der Waals surface area contributed by atoms with E-state index in [-0.39, 0.29) is 5.69 Å². The van der Waals surface area contributed by atoms with Crippen LogP contribution in [-0.4, -0.2) is 23.6 Å². The first-order valence-corrected chi connectivity index (χ1v) is 4.85. The van der Waals surface area contributed by atoms with Crippen molar-refractivity contribution in [3.05, 3.63) is 36.2 Å². The fourth-order valence-electron chi connectivity index (χ4n) is 1.10. The molecule has 0 heterocycles. The lowest BCUT2D eigenvalue weighted by Gasteiger charge is -2.07. The second kappa shape index (κ2) is 6.43. The number of rotatable bonds is 5. The van der Waals surface area contributed by atoms with Crippen LogP contribution in [0.4, 0.5) is 18.9 Å². The number of hydrogen-bond acceptors (Lipinski definition) is 3. The van der Waals surface area contributed by atoms with Gasteiger partial charge in [-0.05, 0) is 12.1 Å². The molecule has 0 unspecified atom stereocenters. The number of ether oxygens (including phenoxy) is 1. The van der Waals surface area contributed by atoms with E-state index in [9.17, 15) is 22.8 Å². The summed E-state index contributed by atoms with van der Waals surface area (Å²) in [6.45, 7) is -3.16. The van der Waals surface area contributed by atoms with Crippen LogP contribution < -0.4 is 10.1 Å². The van der Waals surface area contributed by atoms with E-state index in [1.807, 2.05) is 0 Å². The third-order valence-electron chi connectivity index (χ3n) is 1.79. The van der Waals surface area contributed by atoms with Crippen LogP contribution in [0.5, 0.6) is 5.75 Å². The minimum absolute atomic E-state index is 0.0286. The number of anilines is 1. The molecule has 0 atom stereocenters. The highest BCUT2D eigenvalue weighted by Gasteiger charge is 2.10. The molecule has 8 heteroatoms. The summed E-state index contributed by atoms with van der Waals surface area (Å²) in [6, 6.07) is 2.82. The van der Waals surface area contributed by atoms with E-state index in [2.05, 4.69) is 10.1 Å². The van der Waals surface area contributed by atoms with Crippen LogP contribution in [-0.2, 0) is 9.59 Å². The quantitative estimate of drug-likeness (QED) is 0.806. The molecule has 19 heavy (non-hydrogen) atoms. The van der Waals surface area contributed by atoms with E-state index >= 15 is 0 Å². The van der Waals surface area contributed by atoms with Gasteiger partial charge >= 0.3 is 12.6 Å². The fraction of sp³-hybridized carbons (Fsp3) is 0.0909. The number of aliphatic carboxylic acids is 1. The fourth-order valence-corrected chi connectivity index (χ4v) is 1.10. The van der Waals surface area contributed by atoms with Crippen molar-refractivity contribution in [1.29, 1.82) is 0 Å². The lowest BCUT2D eigenvalue weighted by molar-refractivity contribution is -0.131. The highest BCUT2D eigenvalue weighted by molar-refractivity contribution is 6.02. The molecule has 1 rings (SSSR count). The topological polar surface area (TPSA) is 75.6 Å². The molecule has 0 spiro atoms. The second-order valence-electron chi connectivity index (χ2n) is 3.18. The van der Waals surface area contributed by atoms with Crippen LogP contribution in [0, 0.1) is 5.82 Å². The first kappa shape index (κ1) is 14.6. The summed E-state index contributed by atoms with van der Waals surface area (Å²) in [7, 11) is 0. The van der Waals surface area contributed by atoms with Gasteiger partial charge in [-0.15, -0.1) is 0 Å². The van der Waals surface area contributed by atoms with Gasteiger partial charge in [0.25, 0.3) is 0 Å². The summed E-state index contributed by atoms with van der Waals surface area (Å²) in [5, 5.41) is 10.4. The molecule has 102 valence electrons. The molecule has 0 aliphatic heterocycles. The molecule has 0 saturated carbocycles. The number of nitrogens with one attached hydrogen (secondary N) is 1. The SMILES string of the molecule is O=C(O)/C=C/C(=O)Nc1ccc(OC(F)F)c(F)c1. The van der Waals surface area contributed by atoms with Gasteiger partial charge in [0.05, 0.1) is 0 Å². The normalized spacial score (nSPS) is 10.7. The van der Waals surface area contributed by atoms with E-state index in [0.29, 0.717) is 6.08 Å². The highest BCUT2D eigenvalue weighted by atomic mass is 19.3. The Kier molecular flexibility index (Phi) is 4.92. The molecule has 0 aliphatic rings. The number of carbonyl (C=O) groups is 2. The molecule has 0 radical (unpaired) electrons. The third kappa shape index (κ3) is 5.11. The monoisotopic (exact) mass is 275 g/mol. The Labute approximate surface area is 105 Å². The van der Waals surface area contributed by atoms with Gasteiger partial charge < -0.3 is 15.2 Å². The Morgan fingerprint density at radius 1 is 1.32 bits per heavy atom. The van der Waals surface area contributed by atoms with E-state index in [1.165, 1.54) is 0 Å². The number of benzene rings is 1. The van der Waals surface area contributed by atoms with Crippen LogP contribution in [0.2, 0.25) is 0 Å². The van der Waals surface area contributed by atoms with Crippen molar-refractivity contribution in [3.8, 4) is 5.75 Å². The summed E-state index contributed by atoms with van der Waals surface area (Å²) < 4.78 is 40.9. The smallest absolute Gasteiger partial charge is 0.387 e. The summed E-state index contributed by atoms with van der Waals surface area (Å²) in [6.07, 6.45) is 1.32. The third-order valence-corrected chi connectivity index (χ3v) is 1.79. The van der Waals surface area contributed by atoms with Gasteiger partial charge in [0.15, 0.2) is 11.6 Å². The summed E-state index contributed by atoms with van der Waals surface area (Å²) in [4.78, 5) is 21.3. The molecule has 0 bridgehead atoms. The van der Waals surface area contributed by atoms with Crippen molar-refractivity contribution in [2.75, 3.05) is 5.32 Å². The second-order valence-corrected chi connectivity index (χ2v) is 3.18. The van der Waals surface area contributed by atoms with Crippen molar-refractivity contribution in [2.45, 2.75) is 6.61 Å². The molecule has 0 aromatic heterocycles. The minimum atomic E-state index is -3.16. The molecule has 1 aromatic carbocycles. The van der Waals surface area contributed by atoms with Crippen molar-refractivity contribution in [2.24, 2.45) is 0 Å². The largest absolute Gasteiger partial charge is 0.478 e. The molecule has 0 saturated heterocycles. The Hall–Kier alpha value is -2.51. The van der Waals surface area contributed by atoms with Crippen LogP contribution in [0.15, 0.2) is 30.4 Å². The predicted molar refractivity (Wildman–Crippen MR) is 58.4 cm³/mol. The number of carboxylic acids is 1. The number of halogens is 3. The van der Waals surface area contributed by atoms with E-state index in [1.54, 1.807) is 0 Å². The lowest BCUT2D eigenvalue weighted by atomic mass is 10.3. The lowest BCUT2D eigenvalue weighted by Crippen LogP contribution is -2.09. The maximum Gasteiger partial charge on any atom is 0.387 e. The van der Waals surface area contributed by atoms with Crippen molar-refractivity contribution >= 4 is 17.6 Å². The van der Waals surface area contributed by atoms with E-state index in [4.69, 9.17) is 5.11 Å². The number of hydrogen-bond donors (Lipinski definition) is 2. The Bertz CT molecular complexity index is 517. The number of carbonyl (C=O) groups excluding carboxylic acids is 1. The maximum atomic E-state index is 13.3. The van der Waals surface area contributed by atoms with Crippen LogP contribution in [0.25, 0.3) is 0 Å². The van der Waals surface area contributed by atoms with E-state index < -0.39 is 30.1 Å². The zero-order chi connectivity index (χ0) is 14.4. The molecule has 5 nitrogen and oxygen atoms in total. The number of amides is 1. The maximum absolute atomic E-state index is 13.3. The zero-order valence-corrected chi connectivity index (χ0v) is 9.27. The van der Waals surface area contributed by atoms with Gasteiger partial charge in [-0.2, -0.15) is 8.78 Å². The predicted octanol–water partition coefficient (Wildman–Crippen LogP) is 2.01. The first-order chi connectivity index (χ1) is 8.88. The van der Waals surface area contributed by atoms with Gasteiger partial charge in [0.1, 0.15) is 0 Å². The Morgan fingerprint density at radius 2 is 2.00 bits per heavy atom. The van der Waals surface area contributed by atoms with Crippen molar-refractivity contribution < 1.29 is 32.6 Å². The highest BCUT2D eigenvalue weighted by Crippen LogP contribution is 2.22. The number of alkyl halides is 2. The Balaban J connectivity index is 2.73. The van der Waals surface area contributed by atoms with Crippen molar-refractivity contribution in [3.63, 3.8) is 0 Å². The average Bonchev–Trinajstić information content (AvgIpc) is 2.29. The first-order valence-electron chi connectivity index (χ1n) is 4.85. The molecule has 1 amide bonds. The zero-order valence-electron chi connectivity index (χ0n) is 9.27. The summed E-state index contributed by atoms with van der Waals surface area (Å²) in [5.41, 5.74) is -0.0286.